The molecule has 0 bridgehead atoms. The number of aromatic amines is 1. The lowest BCUT2D eigenvalue weighted by Gasteiger charge is -2.51. The van der Waals surface area contributed by atoms with Gasteiger partial charge in [0.1, 0.15) is 5.60 Å². The van der Waals surface area contributed by atoms with E-state index in [1.807, 2.05) is 6.92 Å². The van der Waals surface area contributed by atoms with E-state index in [-0.39, 0.29) is 12.5 Å². The van der Waals surface area contributed by atoms with Crippen LogP contribution in [-0.2, 0) is 9.53 Å². The minimum absolute atomic E-state index is 0.0343. The molecule has 2 aliphatic rings. The van der Waals surface area contributed by atoms with E-state index in [4.69, 9.17) is 10.5 Å². The first-order chi connectivity index (χ1) is 13.2. The normalized spacial score (nSPS) is 28.3. The molecule has 0 radical (unpaired) electrons. The monoisotopic (exact) mass is 394 g/mol. The van der Waals surface area contributed by atoms with Crippen LogP contribution in [-0.4, -0.2) is 62.4 Å². The van der Waals surface area contributed by atoms with E-state index in [1.165, 1.54) is 16.8 Å². The number of nitrogens with one attached hydrogen (secondary N) is 1. The van der Waals surface area contributed by atoms with Crippen LogP contribution in [0.15, 0.2) is 21.9 Å². The SMILES string of the molecule is CCC[C@H](N)C(=O)N1CCC2(CC1)C[C@H](n1ccc(=O)[nH]c1=O)[C@@](C)(O)CO2. The number of hydrogen-bond donors (Lipinski definition) is 3. The highest BCUT2D eigenvalue weighted by Gasteiger charge is 2.49. The Labute approximate surface area is 163 Å². The number of amides is 1. The maximum Gasteiger partial charge on any atom is 0.328 e. The summed E-state index contributed by atoms with van der Waals surface area (Å²) in [5, 5.41) is 10.8. The molecule has 9 heteroatoms. The van der Waals surface area contributed by atoms with Crippen LogP contribution in [0.25, 0.3) is 0 Å². The van der Waals surface area contributed by atoms with Crippen molar-refractivity contribution >= 4 is 5.91 Å². The van der Waals surface area contributed by atoms with Gasteiger partial charge in [-0.2, -0.15) is 0 Å². The van der Waals surface area contributed by atoms with Crippen LogP contribution < -0.4 is 17.0 Å². The molecule has 28 heavy (non-hydrogen) atoms. The van der Waals surface area contributed by atoms with Gasteiger partial charge in [-0.15, -0.1) is 0 Å². The van der Waals surface area contributed by atoms with Gasteiger partial charge >= 0.3 is 5.69 Å². The van der Waals surface area contributed by atoms with E-state index in [9.17, 15) is 19.5 Å². The summed E-state index contributed by atoms with van der Waals surface area (Å²) in [6.07, 6.45) is 4.59. The second-order valence-corrected chi connectivity index (χ2v) is 8.29. The van der Waals surface area contributed by atoms with Crippen LogP contribution in [0.3, 0.4) is 0 Å². The lowest BCUT2D eigenvalue weighted by molar-refractivity contribution is -0.202. The molecule has 1 spiro atoms. The Hall–Kier alpha value is -1.97. The van der Waals surface area contributed by atoms with E-state index in [2.05, 4.69) is 4.98 Å². The smallest absolute Gasteiger partial charge is 0.328 e. The molecule has 4 N–H and O–H groups in total. The van der Waals surface area contributed by atoms with Gasteiger partial charge < -0.3 is 20.5 Å². The molecule has 3 heterocycles. The fraction of sp³-hybridized carbons (Fsp3) is 0.737. The van der Waals surface area contributed by atoms with E-state index in [1.54, 1.807) is 11.8 Å². The summed E-state index contributed by atoms with van der Waals surface area (Å²) in [7, 11) is 0. The molecule has 2 aliphatic heterocycles. The lowest BCUT2D eigenvalue weighted by atomic mass is 9.77. The van der Waals surface area contributed by atoms with Gasteiger partial charge in [-0.05, 0) is 26.2 Å². The zero-order chi connectivity index (χ0) is 20.5. The van der Waals surface area contributed by atoms with E-state index in [0.29, 0.717) is 38.8 Å². The minimum Gasteiger partial charge on any atom is -0.386 e. The topological polar surface area (TPSA) is 131 Å². The summed E-state index contributed by atoms with van der Waals surface area (Å²) in [6.45, 7) is 4.77. The Balaban J connectivity index is 1.75. The van der Waals surface area contributed by atoms with Crippen molar-refractivity contribution in [1.82, 2.24) is 14.5 Å². The summed E-state index contributed by atoms with van der Waals surface area (Å²) >= 11 is 0. The maximum absolute atomic E-state index is 12.5. The standard InChI is InChI=1S/C19H30N4O5/c1-3-4-13(20)16(25)22-9-6-19(7-10-22)11-14(18(2,27)12-28-19)23-8-5-15(24)21-17(23)26/h5,8,13-14,27H,3-4,6-7,9-12,20H2,1-2H3,(H,21,24,26)/t13-,14-,18-/m0/s1. The van der Waals surface area contributed by atoms with Gasteiger partial charge in [-0.25, -0.2) is 4.79 Å². The summed E-state index contributed by atoms with van der Waals surface area (Å²) in [6, 6.07) is 0.269. The Kier molecular flexibility index (Phi) is 5.79. The third-order valence-corrected chi connectivity index (χ3v) is 6.04. The van der Waals surface area contributed by atoms with Crippen LogP contribution in [0.4, 0.5) is 0 Å². The van der Waals surface area contributed by atoms with Gasteiger partial charge in [-0.1, -0.05) is 13.3 Å². The van der Waals surface area contributed by atoms with Crippen LogP contribution in [0.1, 0.15) is 52.0 Å². The number of aromatic nitrogens is 2. The molecule has 156 valence electrons. The van der Waals surface area contributed by atoms with Crippen molar-refractivity contribution in [1.29, 1.82) is 0 Å². The largest absolute Gasteiger partial charge is 0.386 e. The number of aliphatic hydroxyl groups is 1. The highest BCUT2D eigenvalue weighted by Crippen LogP contribution is 2.43. The summed E-state index contributed by atoms with van der Waals surface area (Å²) in [5.41, 5.74) is 3.18. The molecule has 0 aromatic carbocycles. The Morgan fingerprint density at radius 3 is 2.71 bits per heavy atom. The fourth-order valence-electron chi connectivity index (χ4n) is 4.25. The highest BCUT2D eigenvalue weighted by atomic mass is 16.5. The number of nitrogens with two attached hydrogens (primary N) is 1. The molecule has 2 saturated heterocycles. The molecule has 0 unspecified atom stereocenters. The van der Waals surface area contributed by atoms with Gasteiger partial charge in [0, 0.05) is 31.8 Å². The van der Waals surface area contributed by atoms with Gasteiger partial charge in [0.05, 0.1) is 24.3 Å². The van der Waals surface area contributed by atoms with Crippen molar-refractivity contribution in [2.45, 2.75) is 69.2 Å². The van der Waals surface area contributed by atoms with Gasteiger partial charge in [-0.3, -0.25) is 19.1 Å². The van der Waals surface area contributed by atoms with E-state index < -0.39 is 34.5 Å². The first kappa shape index (κ1) is 20.8. The van der Waals surface area contributed by atoms with Crippen LogP contribution >= 0.6 is 0 Å². The van der Waals surface area contributed by atoms with Gasteiger partial charge in [0.25, 0.3) is 5.56 Å². The first-order valence-electron chi connectivity index (χ1n) is 9.90. The predicted molar refractivity (Wildman–Crippen MR) is 103 cm³/mol. The molecular formula is C19H30N4O5. The number of rotatable bonds is 4. The van der Waals surface area contributed by atoms with Crippen LogP contribution in [0.2, 0.25) is 0 Å². The van der Waals surface area contributed by atoms with E-state index in [0.717, 1.165) is 6.42 Å². The van der Waals surface area contributed by atoms with Crippen molar-refractivity contribution in [3.05, 3.63) is 33.1 Å². The quantitative estimate of drug-likeness (QED) is 0.645. The zero-order valence-electron chi connectivity index (χ0n) is 16.5. The van der Waals surface area contributed by atoms with E-state index >= 15 is 0 Å². The third-order valence-electron chi connectivity index (χ3n) is 6.04. The van der Waals surface area contributed by atoms with Gasteiger partial charge in [0.2, 0.25) is 5.91 Å². The fourth-order valence-corrected chi connectivity index (χ4v) is 4.25. The number of ether oxygens (including phenoxy) is 1. The molecule has 3 atom stereocenters. The van der Waals surface area contributed by atoms with Crippen molar-refractivity contribution in [3.63, 3.8) is 0 Å². The van der Waals surface area contributed by atoms with Crippen molar-refractivity contribution < 1.29 is 14.6 Å². The Bertz CT molecular complexity index is 822. The van der Waals surface area contributed by atoms with Crippen molar-refractivity contribution in [3.8, 4) is 0 Å². The Morgan fingerprint density at radius 1 is 1.43 bits per heavy atom. The minimum atomic E-state index is -1.25. The second-order valence-electron chi connectivity index (χ2n) is 8.29. The average Bonchev–Trinajstić information content (AvgIpc) is 2.65. The second kappa shape index (κ2) is 7.81. The number of nitrogens with zero attached hydrogens (tertiary/aromatic N) is 2. The zero-order valence-corrected chi connectivity index (χ0v) is 16.5. The molecule has 0 aliphatic carbocycles. The first-order valence-corrected chi connectivity index (χ1v) is 9.90. The van der Waals surface area contributed by atoms with Crippen LogP contribution in [0.5, 0.6) is 0 Å². The number of piperidine rings is 1. The number of carbonyl (C=O) groups is 1. The molecular weight excluding hydrogens is 364 g/mol. The number of H-pyrrole nitrogens is 1. The molecule has 0 saturated carbocycles. The number of hydrogen-bond acceptors (Lipinski definition) is 6. The Morgan fingerprint density at radius 2 is 2.11 bits per heavy atom. The molecule has 1 amide bonds. The van der Waals surface area contributed by atoms with Crippen LogP contribution in [0, 0.1) is 0 Å². The van der Waals surface area contributed by atoms with Crippen molar-refractivity contribution in [2.75, 3.05) is 19.7 Å². The van der Waals surface area contributed by atoms with Crippen molar-refractivity contribution in [2.24, 2.45) is 5.73 Å². The average molecular weight is 394 g/mol. The summed E-state index contributed by atoms with van der Waals surface area (Å²) < 4.78 is 7.44. The lowest BCUT2D eigenvalue weighted by Crippen LogP contribution is -2.59. The predicted octanol–water partition coefficient (Wildman–Crippen LogP) is -0.262. The highest BCUT2D eigenvalue weighted by molar-refractivity contribution is 5.81. The molecule has 9 nitrogen and oxygen atoms in total. The van der Waals surface area contributed by atoms with Gasteiger partial charge in [0.15, 0.2) is 0 Å². The third kappa shape index (κ3) is 4.06. The summed E-state index contributed by atoms with van der Waals surface area (Å²) in [5.74, 6) is -0.0343. The molecule has 1 aromatic heterocycles. The molecule has 3 rings (SSSR count). The molecule has 1 aromatic rings. The molecule has 2 fully saturated rings. The number of likely N-dealkylation sites (tertiary alicyclic amines) is 1. The summed E-state index contributed by atoms with van der Waals surface area (Å²) in [4.78, 5) is 40.1. The maximum atomic E-state index is 12.5. The number of carbonyl (C=O) groups excluding carboxylic acids is 1.